The molecule has 1 N–H and O–H groups in total. The summed E-state index contributed by atoms with van der Waals surface area (Å²) in [5.74, 6) is 0.526. The van der Waals surface area contributed by atoms with Gasteiger partial charge < -0.3 is 14.8 Å². The van der Waals surface area contributed by atoms with Crippen molar-refractivity contribution in [2.24, 2.45) is 0 Å². The lowest BCUT2D eigenvalue weighted by atomic mass is 10.2. The molecule has 0 fully saturated rings. The van der Waals surface area contributed by atoms with E-state index >= 15 is 0 Å². The van der Waals surface area contributed by atoms with E-state index in [-0.39, 0.29) is 11.8 Å². The zero-order valence-electron chi connectivity index (χ0n) is 15.5. The number of benzene rings is 2. The Bertz CT molecular complexity index is 942. The van der Waals surface area contributed by atoms with E-state index in [0.717, 1.165) is 0 Å². The Kier molecular flexibility index (Phi) is 5.86. The van der Waals surface area contributed by atoms with Crippen molar-refractivity contribution in [1.29, 1.82) is 0 Å². The third-order valence-corrected chi connectivity index (χ3v) is 3.96. The highest BCUT2D eigenvalue weighted by atomic mass is 16.6. The lowest BCUT2D eigenvalue weighted by Gasteiger charge is -2.16. The van der Waals surface area contributed by atoms with E-state index in [4.69, 9.17) is 9.47 Å². The molecule has 0 saturated heterocycles. The number of para-hydroxylation sites is 1. The largest absolute Gasteiger partial charge is 0.497 e. The second kappa shape index (κ2) is 8.68. The summed E-state index contributed by atoms with van der Waals surface area (Å²) < 4.78 is 10.3. The Labute approximate surface area is 162 Å². The van der Waals surface area contributed by atoms with Gasteiger partial charge >= 0.3 is 6.09 Å². The Hall–Kier alpha value is -3.87. The molecule has 0 unspecified atom stereocenters. The molecular weight excluding hydrogens is 358 g/mol. The first-order valence-corrected chi connectivity index (χ1v) is 8.49. The lowest BCUT2D eigenvalue weighted by molar-refractivity contribution is 0.102. The minimum Gasteiger partial charge on any atom is -0.497 e. The number of aromatic nitrogens is 1. The summed E-state index contributed by atoms with van der Waals surface area (Å²) in [5, 5.41) is 2.73. The van der Waals surface area contributed by atoms with Crippen molar-refractivity contribution in [1.82, 2.24) is 4.98 Å². The van der Waals surface area contributed by atoms with Crippen molar-refractivity contribution >= 4 is 23.4 Å². The van der Waals surface area contributed by atoms with Crippen LogP contribution in [0.25, 0.3) is 0 Å². The number of carbonyl (C=O) groups is 2. The van der Waals surface area contributed by atoms with Gasteiger partial charge in [-0.1, -0.05) is 18.2 Å². The van der Waals surface area contributed by atoms with E-state index in [0.29, 0.717) is 22.7 Å². The molecule has 0 spiro atoms. The Morgan fingerprint density at radius 3 is 2.29 bits per heavy atom. The van der Waals surface area contributed by atoms with Crippen LogP contribution in [0.3, 0.4) is 0 Å². The van der Waals surface area contributed by atoms with Crippen LogP contribution < -0.4 is 19.7 Å². The van der Waals surface area contributed by atoms with Crippen LogP contribution in [-0.2, 0) is 0 Å². The highest BCUT2D eigenvalue weighted by molar-refractivity contribution is 6.04. The smallest absolute Gasteiger partial charge is 0.420 e. The van der Waals surface area contributed by atoms with Gasteiger partial charge in [0.25, 0.3) is 5.91 Å². The first-order valence-electron chi connectivity index (χ1n) is 8.49. The topological polar surface area (TPSA) is 80.8 Å². The van der Waals surface area contributed by atoms with Crippen LogP contribution in [0, 0.1) is 0 Å². The van der Waals surface area contributed by atoms with Crippen LogP contribution in [0.15, 0.2) is 72.9 Å². The van der Waals surface area contributed by atoms with Crippen molar-refractivity contribution in [3.8, 4) is 11.6 Å². The van der Waals surface area contributed by atoms with Crippen LogP contribution in [0.2, 0.25) is 0 Å². The molecular formula is C21H19N3O4. The molecule has 7 nitrogen and oxygen atoms in total. The van der Waals surface area contributed by atoms with Crippen molar-refractivity contribution in [3.63, 3.8) is 0 Å². The van der Waals surface area contributed by atoms with E-state index in [1.54, 1.807) is 56.6 Å². The zero-order valence-corrected chi connectivity index (χ0v) is 15.5. The van der Waals surface area contributed by atoms with Crippen molar-refractivity contribution < 1.29 is 19.1 Å². The molecule has 142 valence electrons. The Morgan fingerprint density at radius 2 is 1.68 bits per heavy atom. The molecule has 0 atom stereocenters. The quantitative estimate of drug-likeness (QED) is 0.727. The van der Waals surface area contributed by atoms with Crippen LogP contribution in [0.4, 0.5) is 16.2 Å². The molecule has 0 aliphatic heterocycles. The average molecular weight is 377 g/mol. The molecule has 3 rings (SSSR count). The second-order valence-corrected chi connectivity index (χ2v) is 5.83. The fourth-order valence-electron chi connectivity index (χ4n) is 2.38. The van der Waals surface area contributed by atoms with E-state index in [9.17, 15) is 9.59 Å². The fourth-order valence-corrected chi connectivity index (χ4v) is 2.38. The number of hydrogen-bond acceptors (Lipinski definition) is 5. The lowest BCUT2D eigenvalue weighted by Crippen LogP contribution is -2.29. The third-order valence-electron chi connectivity index (χ3n) is 3.96. The number of amides is 2. The second-order valence-electron chi connectivity index (χ2n) is 5.83. The highest BCUT2D eigenvalue weighted by Gasteiger charge is 2.14. The van der Waals surface area contributed by atoms with Crippen LogP contribution >= 0.6 is 0 Å². The maximum absolute atomic E-state index is 12.3. The molecule has 0 aliphatic rings. The van der Waals surface area contributed by atoms with Gasteiger partial charge in [-0.25, -0.2) is 9.78 Å². The maximum Gasteiger partial charge on any atom is 0.420 e. The van der Waals surface area contributed by atoms with Gasteiger partial charge in [0.15, 0.2) is 0 Å². The molecule has 0 saturated carbocycles. The maximum atomic E-state index is 12.3. The molecule has 0 radical (unpaired) electrons. The molecule has 2 amide bonds. The number of nitrogens with zero attached hydrogens (tertiary/aromatic N) is 2. The van der Waals surface area contributed by atoms with Gasteiger partial charge in [-0.3, -0.25) is 9.69 Å². The van der Waals surface area contributed by atoms with Gasteiger partial charge in [0.05, 0.1) is 19.0 Å². The number of nitrogens with one attached hydrogen (secondary N) is 1. The zero-order chi connectivity index (χ0) is 19.9. The van der Waals surface area contributed by atoms with Gasteiger partial charge in [-0.05, 0) is 42.5 Å². The van der Waals surface area contributed by atoms with Gasteiger partial charge in [-0.2, -0.15) is 0 Å². The molecule has 7 heteroatoms. The summed E-state index contributed by atoms with van der Waals surface area (Å²) in [6, 6.07) is 19.0. The molecule has 1 heterocycles. The van der Waals surface area contributed by atoms with E-state index in [2.05, 4.69) is 10.3 Å². The Morgan fingerprint density at radius 1 is 0.964 bits per heavy atom. The van der Waals surface area contributed by atoms with E-state index in [1.807, 2.05) is 18.2 Å². The normalized spacial score (nSPS) is 10.1. The predicted octanol–water partition coefficient (Wildman–Crippen LogP) is 3.98. The van der Waals surface area contributed by atoms with Crippen LogP contribution in [-0.4, -0.2) is 31.1 Å². The average Bonchev–Trinajstić information content (AvgIpc) is 2.75. The fraction of sp³-hybridized carbons (Fsp3) is 0.0952. The predicted molar refractivity (Wildman–Crippen MR) is 106 cm³/mol. The van der Waals surface area contributed by atoms with Gasteiger partial charge in [0, 0.05) is 24.4 Å². The summed E-state index contributed by atoms with van der Waals surface area (Å²) in [5.41, 5.74) is 1.67. The molecule has 2 aromatic carbocycles. The summed E-state index contributed by atoms with van der Waals surface area (Å²) in [7, 11) is 3.17. The summed E-state index contributed by atoms with van der Waals surface area (Å²) in [6.45, 7) is 0. The number of rotatable bonds is 5. The number of ether oxygens (including phenoxy) is 2. The van der Waals surface area contributed by atoms with E-state index in [1.165, 1.54) is 17.2 Å². The van der Waals surface area contributed by atoms with Gasteiger partial charge in [0.2, 0.25) is 5.88 Å². The minimum atomic E-state index is -0.561. The summed E-state index contributed by atoms with van der Waals surface area (Å²) in [6.07, 6.45) is 0.862. The molecule has 0 aliphatic carbocycles. The summed E-state index contributed by atoms with van der Waals surface area (Å²) >= 11 is 0. The molecule has 1 aromatic heterocycles. The third kappa shape index (κ3) is 4.64. The first kappa shape index (κ1) is 18.9. The SMILES string of the molecule is COc1ccc(C(=O)Nc2ccc(OC(=O)N(C)c3ccccc3)nc2)cc1. The standard InChI is InChI=1S/C21H19N3O4/c1-24(17-6-4-3-5-7-17)21(26)28-19-13-10-16(14-22-19)23-20(25)15-8-11-18(27-2)12-9-15/h3-14H,1-2H3,(H,23,25). The number of methoxy groups -OCH3 is 1. The summed E-state index contributed by atoms with van der Waals surface area (Å²) in [4.78, 5) is 29.9. The molecule has 0 bridgehead atoms. The number of hydrogen-bond donors (Lipinski definition) is 1. The monoisotopic (exact) mass is 377 g/mol. The number of carbonyl (C=O) groups excluding carboxylic acids is 2. The molecule has 3 aromatic rings. The van der Waals surface area contributed by atoms with Crippen LogP contribution in [0.5, 0.6) is 11.6 Å². The first-order chi connectivity index (χ1) is 13.6. The Balaban J connectivity index is 1.59. The van der Waals surface area contributed by atoms with E-state index < -0.39 is 6.09 Å². The number of pyridine rings is 1. The number of anilines is 2. The van der Waals surface area contributed by atoms with Gasteiger partial charge in [-0.15, -0.1) is 0 Å². The van der Waals surface area contributed by atoms with Crippen molar-refractivity contribution in [2.45, 2.75) is 0 Å². The minimum absolute atomic E-state index is 0.134. The highest BCUT2D eigenvalue weighted by Crippen LogP contribution is 2.17. The van der Waals surface area contributed by atoms with Gasteiger partial charge in [0.1, 0.15) is 5.75 Å². The van der Waals surface area contributed by atoms with Crippen LogP contribution in [0.1, 0.15) is 10.4 Å². The molecule has 28 heavy (non-hydrogen) atoms. The van der Waals surface area contributed by atoms with Crippen molar-refractivity contribution in [2.75, 3.05) is 24.4 Å². The van der Waals surface area contributed by atoms with Crippen molar-refractivity contribution in [3.05, 3.63) is 78.5 Å².